The van der Waals surface area contributed by atoms with Crippen LogP contribution in [0.4, 0.5) is 0 Å². The molecule has 1 aromatic rings. The van der Waals surface area contributed by atoms with Gasteiger partial charge in [-0.15, -0.1) is 0 Å². The molecule has 0 aromatic carbocycles. The molecule has 0 aliphatic heterocycles. The Morgan fingerprint density at radius 1 is 1.64 bits per heavy atom. The molecule has 0 aliphatic carbocycles. The molecule has 1 aromatic heterocycles. The number of aromatic nitrogens is 3. The van der Waals surface area contributed by atoms with E-state index in [1.807, 2.05) is 13.8 Å². The van der Waals surface area contributed by atoms with Gasteiger partial charge in [-0.1, -0.05) is 0 Å². The Morgan fingerprint density at radius 3 is 2.73 bits per heavy atom. The molecule has 0 bridgehead atoms. The minimum Gasteiger partial charge on any atom is -0.492 e. The van der Waals surface area contributed by atoms with Gasteiger partial charge in [0.05, 0.1) is 6.04 Å². The first-order chi connectivity index (χ1) is 5.11. The summed E-state index contributed by atoms with van der Waals surface area (Å²) in [6, 6.07) is -0.0319. The smallest absolute Gasteiger partial charge is 0.367 e. The summed E-state index contributed by atoms with van der Waals surface area (Å²) in [4.78, 5) is 14.2. The average Bonchev–Trinajstić information content (AvgIpc) is 1.85. The summed E-state index contributed by atoms with van der Waals surface area (Å²) < 4.78 is 1.19. The van der Waals surface area contributed by atoms with Crippen LogP contribution in [-0.2, 0) is 0 Å². The molecule has 0 saturated carbocycles. The highest BCUT2D eigenvalue weighted by molar-refractivity contribution is 4.95. The van der Waals surface area contributed by atoms with E-state index in [0.29, 0.717) is 0 Å². The third-order valence-corrected chi connectivity index (χ3v) is 1.19. The Morgan fingerprint density at radius 2 is 2.27 bits per heavy atom. The summed E-state index contributed by atoms with van der Waals surface area (Å²) in [6.07, 6.45) is 1.14. The minimum atomic E-state index is -0.528. The van der Waals surface area contributed by atoms with Gasteiger partial charge in [0.2, 0.25) is 5.88 Å². The van der Waals surface area contributed by atoms with Gasteiger partial charge in [0.15, 0.2) is 0 Å². The lowest BCUT2D eigenvalue weighted by atomic mass is 10.4. The van der Waals surface area contributed by atoms with Crippen molar-refractivity contribution in [2.75, 3.05) is 0 Å². The second-order valence-corrected chi connectivity index (χ2v) is 2.44. The lowest BCUT2D eigenvalue weighted by Crippen LogP contribution is -2.26. The van der Waals surface area contributed by atoms with Crippen LogP contribution in [0.15, 0.2) is 11.0 Å². The molecule has 60 valence electrons. The average molecular weight is 155 g/mol. The maximum Gasteiger partial charge on any atom is 0.367 e. The van der Waals surface area contributed by atoms with E-state index in [9.17, 15) is 4.79 Å². The van der Waals surface area contributed by atoms with E-state index >= 15 is 0 Å². The maximum absolute atomic E-state index is 10.9. The van der Waals surface area contributed by atoms with Crippen molar-refractivity contribution in [1.29, 1.82) is 0 Å². The fourth-order valence-corrected chi connectivity index (χ4v) is 0.696. The second-order valence-electron chi connectivity index (χ2n) is 2.44. The summed E-state index contributed by atoms with van der Waals surface area (Å²) in [7, 11) is 0. The highest BCUT2D eigenvalue weighted by Crippen LogP contribution is 1.98. The quantitative estimate of drug-likeness (QED) is 0.616. The van der Waals surface area contributed by atoms with Crippen molar-refractivity contribution >= 4 is 0 Å². The van der Waals surface area contributed by atoms with E-state index in [1.54, 1.807) is 0 Å². The standard InChI is InChI=1S/C6H9N3O2/c1-4(2)9-6(11)8-5(10)3-7-9/h3-4H,1-2H3,(H,8,10,11). The van der Waals surface area contributed by atoms with Crippen LogP contribution in [0, 0.1) is 0 Å². The molecule has 0 amide bonds. The Hall–Kier alpha value is -1.39. The molecule has 1 N–H and O–H groups in total. The second kappa shape index (κ2) is 2.69. The third-order valence-electron chi connectivity index (χ3n) is 1.19. The number of hydrogen-bond donors (Lipinski definition) is 1. The van der Waals surface area contributed by atoms with Crippen LogP contribution in [0.3, 0.4) is 0 Å². The molecule has 0 fully saturated rings. The van der Waals surface area contributed by atoms with Gasteiger partial charge in [-0.25, -0.2) is 9.48 Å². The van der Waals surface area contributed by atoms with E-state index in [2.05, 4.69) is 10.1 Å². The lowest BCUT2D eigenvalue weighted by Gasteiger charge is -2.04. The maximum atomic E-state index is 10.9. The molecular weight excluding hydrogens is 146 g/mol. The highest BCUT2D eigenvalue weighted by atomic mass is 16.3. The number of nitrogens with zero attached hydrogens (tertiary/aromatic N) is 3. The third kappa shape index (κ3) is 1.54. The molecule has 0 radical (unpaired) electrons. The van der Waals surface area contributed by atoms with Crippen LogP contribution >= 0.6 is 0 Å². The van der Waals surface area contributed by atoms with Crippen molar-refractivity contribution in [1.82, 2.24) is 14.8 Å². The topological polar surface area (TPSA) is 68.0 Å². The van der Waals surface area contributed by atoms with Crippen LogP contribution in [0.1, 0.15) is 19.9 Å². The number of aromatic hydroxyl groups is 1. The Balaban J connectivity index is 3.21. The van der Waals surface area contributed by atoms with Gasteiger partial charge in [0.25, 0.3) is 0 Å². The van der Waals surface area contributed by atoms with Gasteiger partial charge in [0, 0.05) is 0 Å². The van der Waals surface area contributed by atoms with Crippen molar-refractivity contribution in [2.24, 2.45) is 0 Å². The van der Waals surface area contributed by atoms with Crippen molar-refractivity contribution < 1.29 is 5.11 Å². The zero-order valence-corrected chi connectivity index (χ0v) is 6.35. The zero-order valence-electron chi connectivity index (χ0n) is 6.35. The van der Waals surface area contributed by atoms with Crippen molar-refractivity contribution in [2.45, 2.75) is 19.9 Å². The van der Waals surface area contributed by atoms with E-state index < -0.39 is 5.69 Å². The molecule has 5 heteroatoms. The Bertz CT molecular complexity index is 305. The van der Waals surface area contributed by atoms with Gasteiger partial charge < -0.3 is 5.11 Å². The molecule has 1 rings (SSSR count). The fraction of sp³-hybridized carbons (Fsp3) is 0.500. The predicted octanol–water partition coefficient (Wildman–Crippen LogP) is -0.0752. The first-order valence-electron chi connectivity index (χ1n) is 3.26. The van der Waals surface area contributed by atoms with Gasteiger partial charge >= 0.3 is 5.69 Å². The van der Waals surface area contributed by atoms with Crippen LogP contribution in [0.25, 0.3) is 0 Å². The first kappa shape index (κ1) is 7.71. The van der Waals surface area contributed by atoms with Gasteiger partial charge in [-0.3, -0.25) is 0 Å². The van der Waals surface area contributed by atoms with Crippen molar-refractivity contribution in [3.05, 3.63) is 16.7 Å². The van der Waals surface area contributed by atoms with Crippen LogP contribution in [-0.4, -0.2) is 19.9 Å². The van der Waals surface area contributed by atoms with E-state index in [-0.39, 0.29) is 11.9 Å². The first-order valence-corrected chi connectivity index (χ1v) is 3.26. The summed E-state index contributed by atoms with van der Waals surface area (Å²) in [5.41, 5.74) is -0.528. The molecule has 0 spiro atoms. The monoisotopic (exact) mass is 155 g/mol. The zero-order chi connectivity index (χ0) is 8.43. The summed E-state index contributed by atoms with van der Waals surface area (Å²) in [5, 5.41) is 12.4. The highest BCUT2D eigenvalue weighted by Gasteiger charge is 2.02. The largest absolute Gasteiger partial charge is 0.492 e. The van der Waals surface area contributed by atoms with Crippen molar-refractivity contribution in [3.8, 4) is 5.88 Å². The normalized spacial score (nSPS) is 10.5. The Kier molecular flexibility index (Phi) is 1.89. The number of hydrogen-bond acceptors (Lipinski definition) is 4. The van der Waals surface area contributed by atoms with Crippen molar-refractivity contribution in [3.63, 3.8) is 0 Å². The van der Waals surface area contributed by atoms with Crippen LogP contribution in [0.5, 0.6) is 5.88 Å². The predicted molar refractivity (Wildman–Crippen MR) is 38.3 cm³/mol. The molecule has 0 saturated heterocycles. The van der Waals surface area contributed by atoms with E-state index in [1.165, 1.54) is 4.68 Å². The summed E-state index contributed by atoms with van der Waals surface area (Å²) >= 11 is 0. The molecule has 1 heterocycles. The van der Waals surface area contributed by atoms with E-state index in [4.69, 9.17) is 5.11 Å². The fourth-order valence-electron chi connectivity index (χ4n) is 0.696. The lowest BCUT2D eigenvalue weighted by molar-refractivity contribution is 0.415. The summed E-state index contributed by atoms with van der Waals surface area (Å²) in [6.45, 7) is 3.63. The van der Waals surface area contributed by atoms with Gasteiger partial charge in [-0.2, -0.15) is 10.1 Å². The van der Waals surface area contributed by atoms with Gasteiger partial charge in [0.1, 0.15) is 6.20 Å². The van der Waals surface area contributed by atoms with Gasteiger partial charge in [-0.05, 0) is 13.8 Å². The molecular formula is C6H9N3O2. The number of rotatable bonds is 1. The van der Waals surface area contributed by atoms with Crippen LogP contribution in [0.2, 0.25) is 0 Å². The Labute approximate surface area is 63.3 Å². The van der Waals surface area contributed by atoms with E-state index in [0.717, 1.165) is 6.20 Å². The molecule has 5 nitrogen and oxygen atoms in total. The molecule has 0 atom stereocenters. The molecule has 11 heavy (non-hydrogen) atoms. The van der Waals surface area contributed by atoms with Crippen LogP contribution < -0.4 is 5.69 Å². The summed E-state index contributed by atoms with van der Waals surface area (Å²) in [5.74, 6) is -0.341. The molecule has 0 aliphatic rings. The molecule has 0 unspecified atom stereocenters. The minimum absolute atomic E-state index is 0.0319. The SMILES string of the molecule is CC(C)n1ncc(O)nc1=O.